The molecule has 3 aromatic carbocycles. The van der Waals surface area contributed by atoms with Crippen LogP contribution < -0.4 is 20.1 Å². The smallest absolute Gasteiger partial charge is 0.224 e. The number of hydrogen-bond donors (Lipinski definition) is 2. The summed E-state index contributed by atoms with van der Waals surface area (Å²) in [5.41, 5.74) is 2.28. The summed E-state index contributed by atoms with van der Waals surface area (Å²) in [6, 6.07) is 26.2. The topological polar surface area (TPSA) is 72.7 Å². The van der Waals surface area contributed by atoms with E-state index < -0.39 is 0 Å². The number of hydrogen-bond acceptors (Lipinski definition) is 5. The summed E-state index contributed by atoms with van der Waals surface area (Å²) >= 11 is 0. The van der Waals surface area contributed by atoms with E-state index >= 15 is 0 Å². The highest BCUT2D eigenvalue weighted by molar-refractivity contribution is 5.91. The van der Waals surface area contributed by atoms with Gasteiger partial charge < -0.3 is 24.5 Å². The summed E-state index contributed by atoms with van der Waals surface area (Å²) in [6.07, 6.45) is 0.412. The van der Waals surface area contributed by atoms with Gasteiger partial charge in [-0.1, -0.05) is 43.8 Å². The van der Waals surface area contributed by atoms with Crippen LogP contribution in [0.15, 0.2) is 95.9 Å². The van der Waals surface area contributed by atoms with E-state index in [2.05, 4.69) is 17.2 Å². The second kappa shape index (κ2) is 10.4. The normalized spacial score (nSPS) is 10.4. The Kier molecular flexibility index (Phi) is 6.98. The number of carbonyl (C=O) groups excluding carboxylic acids is 1. The van der Waals surface area contributed by atoms with Crippen molar-refractivity contribution in [1.29, 1.82) is 0 Å². The molecule has 34 heavy (non-hydrogen) atoms. The van der Waals surface area contributed by atoms with Crippen LogP contribution in [-0.2, 0) is 4.79 Å². The fourth-order valence-corrected chi connectivity index (χ4v) is 3.31. The Balaban J connectivity index is 1.48. The van der Waals surface area contributed by atoms with Gasteiger partial charge in [-0.25, -0.2) is 0 Å². The molecule has 0 bridgehead atoms. The number of rotatable bonds is 9. The van der Waals surface area contributed by atoms with Crippen LogP contribution in [0.5, 0.6) is 17.2 Å². The molecule has 0 aliphatic rings. The molecule has 4 rings (SSSR count). The van der Waals surface area contributed by atoms with Gasteiger partial charge in [0.1, 0.15) is 23.0 Å². The molecule has 0 aliphatic heterocycles. The summed E-state index contributed by atoms with van der Waals surface area (Å²) in [6.45, 7) is 5.86. The largest absolute Gasteiger partial charge is 0.457 e. The average Bonchev–Trinajstić information content (AvgIpc) is 3.31. The van der Waals surface area contributed by atoms with E-state index in [1.54, 1.807) is 7.05 Å². The lowest BCUT2D eigenvalue weighted by Gasteiger charge is -2.10. The molecule has 0 aliphatic carbocycles. The number of anilines is 2. The Labute approximate surface area is 198 Å². The number of nitrogens with one attached hydrogen (secondary N) is 2. The maximum absolute atomic E-state index is 11.7. The maximum Gasteiger partial charge on any atom is 0.224 e. The summed E-state index contributed by atoms with van der Waals surface area (Å²) in [5.74, 6) is 3.51. The van der Waals surface area contributed by atoms with E-state index in [1.807, 2.05) is 91.9 Å². The van der Waals surface area contributed by atoms with Crippen molar-refractivity contribution in [2.24, 2.45) is 0 Å². The Morgan fingerprint density at radius 2 is 1.62 bits per heavy atom. The molecule has 6 nitrogen and oxygen atoms in total. The molecule has 1 heterocycles. The number of ether oxygens (including phenoxy) is 2. The molecule has 1 amide bonds. The molecule has 0 saturated heterocycles. The Morgan fingerprint density at radius 3 is 2.32 bits per heavy atom. The molecule has 0 fully saturated rings. The van der Waals surface area contributed by atoms with Crippen LogP contribution in [0.1, 0.15) is 19.1 Å². The molecule has 0 atom stereocenters. The predicted molar refractivity (Wildman–Crippen MR) is 135 cm³/mol. The van der Waals surface area contributed by atoms with Gasteiger partial charge in [0, 0.05) is 30.8 Å². The molecule has 172 valence electrons. The predicted octanol–water partition coefficient (Wildman–Crippen LogP) is 7.18. The van der Waals surface area contributed by atoms with Gasteiger partial charge in [0.05, 0.1) is 5.69 Å². The monoisotopic (exact) mass is 454 g/mol. The summed E-state index contributed by atoms with van der Waals surface area (Å²) in [4.78, 5) is 11.7. The fraction of sp³-hybridized carbons (Fsp3) is 0.107. The van der Waals surface area contributed by atoms with Crippen molar-refractivity contribution < 1.29 is 18.7 Å². The third kappa shape index (κ3) is 5.48. The Bertz CT molecular complexity index is 1280. The Morgan fingerprint density at radius 1 is 0.912 bits per heavy atom. The van der Waals surface area contributed by atoms with Crippen LogP contribution in [0, 0.1) is 0 Å². The van der Waals surface area contributed by atoms with Crippen molar-refractivity contribution in [3.8, 4) is 28.6 Å². The molecule has 0 unspecified atom stereocenters. The lowest BCUT2D eigenvalue weighted by Crippen LogP contribution is -2.09. The van der Waals surface area contributed by atoms with Gasteiger partial charge in [0.15, 0.2) is 11.5 Å². The zero-order chi connectivity index (χ0) is 23.9. The first-order valence-electron chi connectivity index (χ1n) is 11.0. The van der Waals surface area contributed by atoms with Crippen LogP contribution in [-0.4, -0.2) is 13.0 Å². The van der Waals surface area contributed by atoms with Gasteiger partial charge >= 0.3 is 0 Å². The number of furan rings is 1. The minimum atomic E-state index is -0.0461. The highest BCUT2D eigenvalue weighted by Crippen LogP contribution is 2.35. The Hall–Kier alpha value is -4.45. The minimum Gasteiger partial charge on any atom is -0.457 e. The number of benzene rings is 3. The second-order valence-electron chi connectivity index (χ2n) is 7.50. The van der Waals surface area contributed by atoms with Crippen LogP contribution in [0.2, 0.25) is 0 Å². The number of carbonyl (C=O) groups is 1. The first-order chi connectivity index (χ1) is 16.6. The highest BCUT2D eigenvalue weighted by Gasteiger charge is 2.17. The van der Waals surface area contributed by atoms with Crippen molar-refractivity contribution in [3.05, 3.63) is 97.3 Å². The molecule has 6 heteroatoms. The SMILES string of the molecule is C=C(Oc1ccc(Oc2ccccc2)cc1)c1oc(-c2cccc(NC(=O)CC)c2)cc1NC. The lowest BCUT2D eigenvalue weighted by atomic mass is 10.1. The van der Waals surface area contributed by atoms with E-state index in [0.29, 0.717) is 40.9 Å². The van der Waals surface area contributed by atoms with Crippen molar-refractivity contribution in [2.45, 2.75) is 13.3 Å². The molecular formula is C28H26N2O4. The van der Waals surface area contributed by atoms with Crippen LogP contribution in [0.25, 0.3) is 17.1 Å². The second-order valence-corrected chi connectivity index (χ2v) is 7.50. The summed E-state index contributed by atoms with van der Waals surface area (Å²) in [7, 11) is 1.80. The van der Waals surface area contributed by atoms with E-state index in [0.717, 1.165) is 17.0 Å². The lowest BCUT2D eigenvalue weighted by molar-refractivity contribution is -0.115. The third-order valence-electron chi connectivity index (χ3n) is 5.05. The van der Waals surface area contributed by atoms with Gasteiger partial charge in [-0.05, 0) is 48.5 Å². The minimum absolute atomic E-state index is 0.0461. The fourth-order valence-electron chi connectivity index (χ4n) is 3.31. The van der Waals surface area contributed by atoms with E-state index in [9.17, 15) is 4.79 Å². The van der Waals surface area contributed by atoms with E-state index in [-0.39, 0.29) is 5.91 Å². The van der Waals surface area contributed by atoms with Gasteiger partial charge in [-0.2, -0.15) is 0 Å². The standard InChI is InChI=1S/C28H26N2O4/c1-4-27(31)30-21-10-8-9-20(17-21)26-18-25(29-3)28(34-26)19(2)32-23-13-15-24(16-14-23)33-22-11-6-5-7-12-22/h5-18,29H,2,4H2,1,3H3,(H,30,31). The van der Waals surface area contributed by atoms with Crippen molar-refractivity contribution in [3.63, 3.8) is 0 Å². The number of para-hydroxylation sites is 1. The zero-order valence-corrected chi connectivity index (χ0v) is 19.1. The first-order valence-corrected chi connectivity index (χ1v) is 11.0. The summed E-state index contributed by atoms with van der Waals surface area (Å²) in [5, 5.41) is 5.98. The average molecular weight is 455 g/mol. The summed E-state index contributed by atoms with van der Waals surface area (Å²) < 4.78 is 17.9. The van der Waals surface area contributed by atoms with Gasteiger partial charge in [-0.3, -0.25) is 4.79 Å². The molecule has 0 spiro atoms. The first kappa shape index (κ1) is 22.7. The van der Waals surface area contributed by atoms with Crippen molar-refractivity contribution in [2.75, 3.05) is 17.7 Å². The van der Waals surface area contributed by atoms with Crippen molar-refractivity contribution >= 4 is 23.0 Å². The quantitative estimate of drug-likeness (QED) is 0.262. The molecular weight excluding hydrogens is 428 g/mol. The van der Waals surface area contributed by atoms with Gasteiger partial charge in [0.25, 0.3) is 0 Å². The molecule has 2 N–H and O–H groups in total. The van der Waals surface area contributed by atoms with Crippen molar-refractivity contribution in [1.82, 2.24) is 0 Å². The molecule has 1 aromatic heterocycles. The third-order valence-corrected chi connectivity index (χ3v) is 5.05. The van der Waals surface area contributed by atoms with Gasteiger partial charge in [0.2, 0.25) is 5.91 Å². The molecule has 0 radical (unpaired) electrons. The highest BCUT2D eigenvalue weighted by atomic mass is 16.5. The number of amides is 1. The zero-order valence-electron chi connectivity index (χ0n) is 19.1. The van der Waals surface area contributed by atoms with Crippen LogP contribution in [0.3, 0.4) is 0 Å². The van der Waals surface area contributed by atoms with Crippen LogP contribution >= 0.6 is 0 Å². The molecule has 4 aromatic rings. The van der Waals surface area contributed by atoms with Gasteiger partial charge in [-0.15, -0.1) is 0 Å². The van der Waals surface area contributed by atoms with E-state index in [4.69, 9.17) is 13.9 Å². The maximum atomic E-state index is 11.7. The van der Waals surface area contributed by atoms with E-state index in [1.165, 1.54) is 0 Å². The molecule has 0 saturated carbocycles. The van der Waals surface area contributed by atoms with Crippen LogP contribution in [0.4, 0.5) is 11.4 Å².